The number of ether oxygens (including phenoxy) is 1. The number of pyridine rings is 1. The summed E-state index contributed by atoms with van der Waals surface area (Å²) >= 11 is 1.07. The van der Waals surface area contributed by atoms with Crippen molar-refractivity contribution in [3.05, 3.63) is 77.5 Å². The van der Waals surface area contributed by atoms with Crippen LogP contribution in [0.25, 0.3) is 0 Å². The lowest BCUT2D eigenvalue weighted by molar-refractivity contribution is 0.242. The van der Waals surface area contributed by atoms with Crippen LogP contribution < -0.4 is 16.0 Å². The van der Waals surface area contributed by atoms with E-state index in [9.17, 15) is 0 Å². The monoisotopic (exact) mass is 419 g/mol. The first-order chi connectivity index (χ1) is 14.5. The second-order valence-electron chi connectivity index (χ2n) is 6.63. The molecule has 3 aromatic rings. The minimum Gasteiger partial charge on any atom is -0.491 e. The molecule has 0 saturated heterocycles. The van der Waals surface area contributed by atoms with Gasteiger partial charge in [-0.2, -0.15) is 9.55 Å². The highest BCUT2D eigenvalue weighted by molar-refractivity contribution is 7.94. The molecule has 0 atom stereocenters. The number of aromatic nitrogens is 1. The Morgan fingerprint density at radius 2 is 2.03 bits per heavy atom. The van der Waals surface area contributed by atoms with Gasteiger partial charge in [0.2, 0.25) is 0 Å². The fourth-order valence-electron chi connectivity index (χ4n) is 2.62. The third-order valence-electron chi connectivity index (χ3n) is 3.96. The lowest BCUT2D eigenvalue weighted by Crippen LogP contribution is -2.10. The van der Waals surface area contributed by atoms with Crippen LogP contribution in [0, 0.1) is 16.7 Å². The second-order valence-corrected chi connectivity index (χ2v) is 7.43. The van der Waals surface area contributed by atoms with Crippen molar-refractivity contribution < 1.29 is 9.02 Å². The van der Waals surface area contributed by atoms with Crippen LogP contribution in [0.3, 0.4) is 0 Å². The highest BCUT2D eigenvalue weighted by Crippen LogP contribution is 2.25. The molecule has 8 heteroatoms. The van der Waals surface area contributed by atoms with Crippen molar-refractivity contribution in [3.63, 3.8) is 0 Å². The molecule has 0 unspecified atom stereocenters. The molecule has 0 amide bonds. The van der Waals surface area contributed by atoms with Gasteiger partial charge in [0.05, 0.1) is 35.5 Å². The van der Waals surface area contributed by atoms with E-state index < -0.39 is 0 Å². The molecule has 152 valence electrons. The van der Waals surface area contributed by atoms with E-state index in [0.29, 0.717) is 33.9 Å². The predicted molar refractivity (Wildman–Crippen MR) is 119 cm³/mol. The molecular formula is C22H21N5O2S. The minimum absolute atomic E-state index is 0.0240. The molecule has 4 N–H and O–H groups in total. The topological polar surface area (TPSA) is 117 Å². The molecule has 0 aliphatic carbocycles. The van der Waals surface area contributed by atoms with E-state index in [1.54, 1.807) is 54.7 Å². The Bertz CT molecular complexity index is 1090. The first kappa shape index (κ1) is 21.2. The molecule has 0 fully saturated rings. The number of hydrogen-bond donors (Lipinski definition) is 3. The van der Waals surface area contributed by atoms with Crippen LogP contribution in [-0.2, 0) is 4.28 Å². The average molecular weight is 420 g/mol. The highest BCUT2D eigenvalue weighted by Gasteiger charge is 2.12. The zero-order chi connectivity index (χ0) is 21.5. The maximum atomic E-state index is 8.96. The van der Waals surface area contributed by atoms with E-state index in [-0.39, 0.29) is 11.8 Å². The Balaban J connectivity index is 1.70. The standard InChI is InChI=1S/C22H21N5O2S/c1-14(2)28-17-6-7-20(24)19(12-17)22(25)16-8-9-26-21(11-16)27-29-30-18-5-3-4-15(10-18)13-23/h3-12,14,25H,24H2,1-2H3,(H,26,27). The van der Waals surface area contributed by atoms with E-state index in [0.717, 1.165) is 16.9 Å². The van der Waals surface area contributed by atoms with E-state index >= 15 is 0 Å². The summed E-state index contributed by atoms with van der Waals surface area (Å²) in [7, 11) is 0. The summed E-state index contributed by atoms with van der Waals surface area (Å²) in [5, 5.41) is 17.5. The Morgan fingerprint density at radius 3 is 2.80 bits per heavy atom. The van der Waals surface area contributed by atoms with Gasteiger partial charge >= 0.3 is 0 Å². The normalized spacial score (nSPS) is 10.5. The lowest BCUT2D eigenvalue weighted by Gasteiger charge is -2.14. The van der Waals surface area contributed by atoms with Gasteiger partial charge in [-0.15, -0.1) is 0 Å². The third-order valence-corrected chi connectivity index (χ3v) is 4.57. The highest BCUT2D eigenvalue weighted by atomic mass is 32.2. The summed E-state index contributed by atoms with van der Waals surface area (Å²) in [6.07, 6.45) is 1.61. The number of anilines is 2. The van der Waals surface area contributed by atoms with E-state index in [2.05, 4.69) is 16.5 Å². The van der Waals surface area contributed by atoms with Gasteiger partial charge in [0.15, 0.2) is 5.82 Å². The van der Waals surface area contributed by atoms with E-state index in [1.807, 2.05) is 19.9 Å². The predicted octanol–water partition coefficient (Wildman–Crippen LogP) is 4.79. The molecule has 3 rings (SSSR count). The van der Waals surface area contributed by atoms with E-state index in [4.69, 9.17) is 25.4 Å². The van der Waals surface area contributed by atoms with Gasteiger partial charge in [-0.25, -0.2) is 10.5 Å². The van der Waals surface area contributed by atoms with Crippen molar-refractivity contribution in [2.45, 2.75) is 24.8 Å². The summed E-state index contributed by atoms with van der Waals surface area (Å²) in [5.74, 6) is 1.10. The molecule has 0 bridgehead atoms. The maximum Gasteiger partial charge on any atom is 0.151 e. The number of rotatable bonds is 8. The summed E-state index contributed by atoms with van der Waals surface area (Å²) in [6, 6.07) is 17.9. The molecule has 7 nitrogen and oxygen atoms in total. The molecule has 1 aromatic heterocycles. The first-order valence-corrected chi connectivity index (χ1v) is 9.91. The Morgan fingerprint density at radius 1 is 1.20 bits per heavy atom. The van der Waals surface area contributed by atoms with Gasteiger partial charge in [-0.1, -0.05) is 6.07 Å². The van der Waals surface area contributed by atoms with Gasteiger partial charge in [0.25, 0.3) is 0 Å². The molecule has 0 aliphatic rings. The smallest absolute Gasteiger partial charge is 0.151 e. The van der Waals surface area contributed by atoms with Crippen molar-refractivity contribution in [3.8, 4) is 11.8 Å². The van der Waals surface area contributed by atoms with Crippen LogP contribution in [0.5, 0.6) is 5.75 Å². The summed E-state index contributed by atoms with van der Waals surface area (Å²) in [6.45, 7) is 3.88. The van der Waals surface area contributed by atoms with Gasteiger partial charge in [-0.3, -0.25) is 5.41 Å². The largest absolute Gasteiger partial charge is 0.491 e. The minimum atomic E-state index is 0.0240. The van der Waals surface area contributed by atoms with Crippen molar-refractivity contribution >= 4 is 29.3 Å². The summed E-state index contributed by atoms with van der Waals surface area (Å²) < 4.78 is 11.1. The molecule has 0 aliphatic heterocycles. The molecule has 2 aromatic carbocycles. The number of nitrogens with two attached hydrogens (primary N) is 1. The average Bonchev–Trinajstić information content (AvgIpc) is 2.74. The molecular weight excluding hydrogens is 398 g/mol. The van der Waals surface area contributed by atoms with Gasteiger partial charge < -0.3 is 10.5 Å². The lowest BCUT2D eigenvalue weighted by atomic mass is 10.0. The quantitative estimate of drug-likeness (QED) is 0.208. The zero-order valence-electron chi connectivity index (χ0n) is 16.5. The molecule has 1 heterocycles. The van der Waals surface area contributed by atoms with Crippen molar-refractivity contribution in [2.75, 3.05) is 11.2 Å². The van der Waals surface area contributed by atoms with Crippen molar-refractivity contribution in [2.24, 2.45) is 0 Å². The summed E-state index contributed by atoms with van der Waals surface area (Å²) in [5.41, 5.74) is 11.3. The van der Waals surface area contributed by atoms with Gasteiger partial charge in [-0.05, 0) is 62.4 Å². The Kier molecular flexibility index (Phi) is 6.91. The fraction of sp³-hybridized carbons (Fsp3) is 0.136. The number of benzene rings is 2. The first-order valence-electron chi connectivity index (χ1n) is 9.17. The number of hydrogen-bond acceptors (Lipinski definition) is 8. The maximum absolute atomic E-state index is 8.96. The SMILES string of the molecule is CC(C)Oc1ccc(N)c(C(=N)c2ccnc(NOSc3cccc(C#N)c3)c2)c1. The molecule has 0 saturated carbocycles. The summed E-state index contributed by atoms with van der Waals surface area (Å²) in [4.78, 5) is 4.98. The van der Waals surface area contributed by atoms with Crippen LogP contribution >= 0.6 is 12.0 Å². The Hall–Kier alpha value is -3.54. The van der Waals surface area contributed by atoms with Gasteiger partial charge in [0.1, 0.15) is 5.75 Å². The fourth-order valence-corrected chi connectivity index (χ4v) is 3.16. The van der Waals surface area contributed by atoms with Crippen LogP contribution in [0.1, 0.15) is 30.5 Å². The Labute approximate surface area is 179 Å². The number of nitrogens with zero attached hydrogens (tertiary/aromatic N) is 2. The molecule has 30 heavy (non-hydrogen) atoms. The van der Waals surface area contributed by atoms with Crippen LogP contribution in [-0.4, -0.2) is 16.8 Å². The van der Waals surface area contributed by atoms with Crippen LogP contribution in [0.15, 0.2) is 65.7 Å². The van der Waals surface area contributed by atoms with Crippen molar-refractivity contribution in [1.29, 1.82) is 10.7 Å². The number of nitrogen functional groups attached to an aromatic ring is 1. The number of nitriles is 1. The number of nitrogens with one attached hydrogen (secondary N) is 2. The van der Waals surface area contributed by atoms with Crippen molar-refractivity contribution in [1.82, 2.24) is 4.98 Å². The van der Waals surface area contributed by atoms with Gasteiger partial charge in [0, 0.05) is 27.9 Å². The van der Waals surface area contributed by atoms with Crippen LogP contribution in [0.2, 0.25) is 0 Å². The van der Waals surface area contributed by atoms with Crippen LogP contribution in [0.4, 0.5) is 11.5 Å². The second kappa shape index (κ2) is 9.78. The molecule has 0 spiro atoms. The van der Waals surface area contributed by atoms with E-state index in [1.165, 1.54) is 0 Å². The molecule has 0 radical (unpaired) electrons. The zero-order valence-corrected chi connectivity index (χ0v) is 17.4. The third kappa shape index (κ3) is 5.50.